The molecule has 55 heavy (non-hydrogen) atoms. The number of rotatable bonds is 44. The third kappa shape index (κ3) is 43.4. The Morgan fingerprint density at radius 3 is 0.891 bits per heavy atom. The second-order valence-electron chi connectivity index (χ2n) is 17.2. The summed E-state index contributed by atoms with van der Waals surface area (Å²) in [5.74, 6) is -0.0899. The van der Waals surface area contributed by atoms with Crippen LogP contribution in [0.2, 0.25) is 0 Å². The largest absolute Gasteiger partial charge is 0.462 e. The Labute approximate surface area is 342 Å². The monoisotopic (exact) mass is 779 g/mol. The van der Waals surface area contributed by atoms with Gasteiger partial charge in [-0.25, -0.2) is 0 Å². The maximum absolute atomic E-state index is 12.7. The molecule has 0 aliphatic heterocycles. The molecule has 0 rings (SSSR count). The van der Waals surface area contributed by atoms with Crippen molar-refractivity contribution in [2.24, 2.45) is 5.92 Å². The first kappa shape index (κ1) is 53.4. The lowest BCUT2D eigenvalue weighted by molar-refractivity contribution is -0.167. The molecule has 0 aromatic heterocycles. The van der Waals surface area contributed by atoms with Crippen LogP contribution in [0.1, 0.15) is 272 Å². The number of hydrogen-bond acceptors (Lipinski definition) is 6. The Balaban J connectivity index is 4.29. The Morgan fingerprint density at radius 2 is 0.600 bits per heavy atom. The minimum absolute atomic E-state index is 0.0640. The fraction of sp³-hybridized carbons (Fsp3) is 0.939. The highest BCUT2D eigenvalue weighted by Gasteiger charge is 2.19. The molecular formula is C49H94O6. The van der Waals surface area contributed by atoms with E-state index in [0.717, 1.165) is 63.7 Å². The molecule has 0 amide bonds. The number of hydrogen-bond donors (Lipinski definition) is 0. The number of esters is 3. The summed E-state index contributed by atoms with van der Waals surface area (Å²) in [6, 6.07) is 0. The molecule has 0 saturated carbocycles. The first-order chi connectivity index (χ1) is 26.9. The predicted octanol–water partition coefficient (Wildman–Crippen LogP) is 15.5. The van der Waals surface area contributed by atoms with Gasteiger partial charge in [-0.1, -0.05) is 233 Å². The van der Waals surface area contributed by atoms with Crippen LogP contribution in [0.4, 0.5) is 0 Å². The van der Waals surface area contributed by atoms with Crippen LogP contribution in [0.5, 0.6) is 0 Å². The molecule has 0 unspecified atom stereocenters. The first-order valence-corrected chi connectivity index (χ1v) is 24.4. The Hall–Kier alpha value is -1.59. The van der Waals surface area contributed by atoms with Crippen LogP contribution in [0.3, 0.4) is 0 Å². The van der Waals surface area contributed by atoms with Crippen molar-refractivity contribution >= 4 is 17.9 Å². The number of carbonyl (C=O) groups is 3. The van der Waals surface area contributed by atoms with Crippen LogP contribution in [0.25, 0.3) is 0 Å². The molecule has 0 aromatic rings. The zero-order valence-electron chi connectivity index (χ0n) is 37.4. The van der Waals surface area contributed by atoms with Crippen LogP contribution in [0, 0.1) is 5.92 Å². The van der Waals surface area contributed by atoms with Gasteiger partial charge >= 0.3 is 17.9 Å². The second kappa shape index (κ2) is 43.5. The van der Waals surface area contributed by atoms with Gasteiger partial charge in [0.2, 0.25) is 0 Å². The standard InChI is InChI=1S/C49H94O6/c1-5-7-9-11-13-15-17-19-20-22-24-26-28-34-38-42-49(52)55-46(44-54-48(51)41-37-33-30-29-31-35-39-45(3)4)43-53-47(50)40-36-32-27-25-23-21-18-16-14-12-10-8-6-2/h45-46H,5-44H2,1-4H3/t46-/m0/s1. The molecule has 0 spiro atoms. The lowest BCUT2D eigenvalue weighted by atomic mass is 10.0. The normalized spacial score (nSPS) is 11.9. The van der Waals surface area contributed by atoms with Crippen LogP contribution in [-0.4, -0.2) is 37.2 Å². The van der Waals surface area contributed by atoms with E-state index in [-0.39, 0.29) is 31.1 Å². The van der Waals surface area contributed by atoms with Crippen LogP contribution < -0.4 is 0 Å². The molecule has 1 atom stereocenters. The van der Waals surface area contributed by atoms with Crippen molar-refractivity contribution in [1.82, 2.24) is 0 Å². The smallest absolute Gasteiger partial charge is 0.306 e. The van der Waals surface area contributed by atoms with Gasteiger partial charge < -0.3 is 14.2 Å². The average molecular weight is 779 g/mol. The van der Waals surface area contributed by atoms with E-state index in [9.17, 15) is 14.4 Å². The summed E-state index contributed by atoms with van der Waals surface area (Å²) in [5.41, 5.74) is 0. The molecule has 0 heterocycles. The number of ether oxygens (including phenoxy) is 3. The van der Waals surface area contributed by atoms with Gasteiger partial charge in [0.25, 0.3) is 0 Å². The molecular weight excluding hydrogens is 685 g/mol. The molecule has 6 nitrogen and oxygen atoms in total. The Morgan fingerprint density at radius 1 is 0.345 bits per heavy atom. The summed E-state index contributed by atoms with van der Waals surface area (Å²) in [4.78, 5) is 37.8. The molecule has 0 aliphatic carbocycles. The quantitative estimate of drug-likeness (QED) is 0.0348. The molecule has 326 valence electrons. The molecule has 0 aliphatic rings. The molecule has 0 radical (unpaired) electrons. The van der Waals surface area contributed by atoms with Crippen molar-refractivity contribution < 1.29 is 28.6 Å². The van der Waals surface area contributed by atoms with E-state index in [4.69, 9.17) is 14.2 Å². The van der Waals surface area contributed by atoms with E-state index in [2.05, 4.69) is 27.7 Å². The summed E-state index contributed by atoms with van der Waals surface area (Å²) >= 11 is 0. The first-order valence-electron chi connectivity index (χ1n) is 24.4. The Bertz CT molecular complexity index is 826. The molecule has 0 bridgehead atoms. The topological polar surface area (TPSA) is 78.9 Å². The average Bonchev–Trinajstić information content (AvgIpc) is 3.17. The van der Waals surface area contributed by atoms with Crippen molar-refractivity contribution in [1.29, 1.82) is 0 Å². The van der Waals surface area contributed by atoms with Crippen LogP contribution >= 0.6 is 0 Å². The van der Waals surface area contributed by atoms with E-state index >= 15 is 0 Å². The van der Waals surface area contributed by atoms with Gasteiger partial charge in [-0.3, -0.25) is 14.4 Å². The second-order valence-corrected chi connectivity index (χ2v) is 17.2. The molecule has 0 N–H and O–H groups in total. The Kier molecular flexibility index (Phi) is 42.3. The lowest BCUT2D eigenvalue weighted by Gasteiger charge is -2.18. The molecule has 0 aromatic carbocycles. The summed E-state index contributed by atoms with van der Waals surface area (Å²) in [7, 11) is 0. The zero-order valence-corrected chi connectivity index (χ0v) is 37.4. The highest BCUT2D eigenvalue weighted by molar-refractivity contribution is 5.71. The van der Waals surface area contributed by atoms with Crippen molar-refractivity contribution in [3.05, 3.63) is 0 Å². The van der Waals surface area contributed by atoms with Crippen molar-refractivity contribution in [3.63, 3.8) is 0 Å². The molecule has 0 fully saturated rings. The van der Waals surface area contributed by atoms with Crippen molar-refractivity contribution in [3.8, 4) is 0 Å². The SMILES string of the molecule is CCCCCCCCCCCCCCCCCC(=O)O[C@@H](COC(=O)CCCCCCCCCCCCCCC)COC(=O)CCCCCCCCC(C)C. The van der Waals surface area contributed by atoms with E-state index in [1.165, 1.54) is 167 Å². The van der Waals surface area contributed by atoms with Gasteiger partial charge in [0, 0.05) is 19.3 Å². The fourth-order valence-electron chi connectivity index (χ4n) is 7.33. The van der Waals surface area contributed by atoms with Crippen LogP contribution in [-0.2, 0) is 28.6 Å². The summed E-state index contributed by atoms with van der Waals surface area (Å²) < 4.78 is 16.7. The third-order valence-corrected chi connectivity index (χ3v) is 11.0. The minimum Gasteiger partial charge on any atom is -0.462 e. The number of unbranched alkanes of at least 4 members (excludes halogenated alkanes) is 31. The lowest BCUT2D eigenvalue weighted by Crippen LogP contribution is -2.30. The van der Waals surface area contributed by atoms with Gasteiger partial charge in [0.05, 0.1) is 0 Å². The highest BCUT2D eigenvalue weighted by Crippen LogP contribution is 2.16. The predicted molar refractivity (Wildman–Crippen MR) is 233 cm³/mol. The van der Waals surface area contributed by atoms with Gasteiger partial charge in [0.15, 0.2) is 6.10 Å². The summed E-state index contributed by atoms with van der Waals surface area (Å²) in [6.07, 6.45) is 43.8. The van der Waals surface area contributed by atoms with E-state index in [0.29, 0.717) is 19.3 Å². The molecule has 0 saturated heterocycles. The summed E-state index contributed by atoms with van der Waals surface area (Å²) in [5, 5.41) is 0. The van der Waals surface area contributed by atoms with Crippen LogP contribution in [0.15, 0.2) is 0 Å². The third-order valence-electron chi connectivity index (χ3n) is 11.0. The highest BCUT2D eigenvalue weighted by atomic mass is 16.6. The maximum Gasteiger partial charge on any atom is 0.306 e. The van der Waals surface area contributed by atoms with Gasteiger partial charge in [-0.15, -0.1) is 0 Å². The van der Waals surface area contributed by atoms with Gasteiger partial charge in [0.1, 0.15) is 13.2 Å². The number of carbonyl (C=O) groups excluding carboxylic acids is 3. The minimum atomic E-state index is -0.760. The van der Waals surface area contributed by atoms with E-state index in [1.807, 2.05) is 0 Å². The van der Waals surface area contributed by atoms with E-state index < -0.39 is 6.10 Å². The fourth-order valence-corrected chi connectivity index (χ4v) is 7.33. The van der Waals surface area contributed by atoms with Gasteiger partial charge in [-0.05, 0) is 25.2 Å². The van der Waals surface area contributed by atoms with E-state index in [1.54, 1.807) is 0 Å². The van der Waals surface area contributed by atoms with Crippen molar-refractivity contribution in [2.45, 2.75) is 278 Å². The summed E-state index contributed by atoms with van der Waals surface area (Å²) in [6.45, 7) is 8.94. The van der Waals surface area contributed by atoms with Crippen molar-refractivity contribution in [2.75, 3.05) is 13.2 Å². The molecule has 6 heteroatoms. The van der Waals surface area contributed by atoms with Gasteiger partial charge in [-0.2, -0.15) is 0 Å². The zero-order chi connectivity index (χ0) is 40.3. The maximum atomic E-state index is 12.7.